The fourth-order valence-corrected chi connectivity index (χ4v) is 0.172. The van der Waals surface area contributed by atoms with Gasteiger partial charge in [0.1, 0.15) is 0 Å². The lowest BCUT2D eigenvalue weighted by Gasteiger charge is -1.62. The maximum absolute atomic E-state index is 7.89. The molecule has 0 unspecified atom stereocenters. The molecule has 0 atom stereocenters. The average molecular weight is 94.1 g/mol. The van der Waals surface area contributed by atoms with Crippen LogP contribution >= 0.6 is 0 Å². The zero-order valence-corrected chi connectivity index (χ0v) is 4.13. The van der Waals surface area contributed by atoms with Crippen molar-refractivity contribution in [3.8, 4) is 6.07 Å². The van der Waals surface area contributed by atoms with Crippen LogP contribution in [0, 0.1) is 11.3 Å². The summed E-state index contributed by atoms with van der Waals surface area (Å²) in [7, 11) is 1.65. The molecule has 0 radical (unpaired) electrons. The Morgan fingerprint density at radius 2 is 2.43 bits per heavy atom. The molecule has 0 fully saturated rings. The summed E-state index contributed by atoms with van der Waals surface area (Å²) in [6.45, 7) is 0. The number of aliphatic imine (C=N–C) groups is 1. The van der Waals surface area contributed by atoms with Crippen LogP contribution in [0.15, 0.2) is 17.1 Å². The second-order valence-electron chi connectivity index (χ2n) is 0.895. The van der Waals surface area contributed by atoms with Gasteiger partial charge in [0.05, 0.1) is 6.07 Å². The van der Waals surface area contributed by atoms with E-state index in [0.29, 0.717) is 0 Å². The van der Waals surface area contributed by atoms with E-state index in [0.717, 1.165) is 0 Å². The van der Waals surface area contributed by atoms with E-state index in [-0.39, 0.29) is 0 Å². The molecular formula is C5H6N2. The van der Waals surface area contributed by atoms with Crippen molar-refractivity contribution in [3.05, 3.63) is 12.2 Å². The zero-order chi connectivity index (χ0) is 5.54. The van der Waals surface area contributed by atoms with E-state index < -0.39 is 0 Å². The number of nitriles is 1. The molecule has 0 aliphatic heterocycles. The molecule has 0 N–H and O–H groups in total. The first-order valence-corrected chi connectivity index (χ1v) is 1.88. The fraction of sp³-hybridized carbons (Fsp3) is 0.200. The van der Waals surface area contributed by atoms with Gasteiger partial charge in [0.15, 0.2) is 0 Å². The maximum atomic E-state index is 7.89. The monoisotopic (exact) mass is 94.1 g/mol. The first-order chi connectivity index (χ1) is 3.41. The second-order valence-corrected chi connectivity index (χ2v) is 0.895. The summed E-state index contributed by atoms with van der Waals surface area (Å²) in [6, 6.07) is 1.83. The van der Waals surface area contributed by atoms with Gasteiger partial charge in [-0.05, 0) is 6.08 Å². The highest BCUT2D eigenvalue weighted by atomic mass is 14.6. The summed E-state index contributed by atoms with van der Waals surface area (Å²) in [6.07, 6.45) is 4.51. The van der Waals surface area contributed by atoms with Crippen LogP contribution in [0.25, 0.3) is 0 Å². The minimum Gasteiger partial charge on any atom is -0.296 e. The van der Waals surface area contributed by atoms with Gasteiger partial charge >= 0.3 is 0 Å². The first kappa shape index (κ1) is 5.90. The van der Waals surface area contributed by atoms with Crippen LogP contribution in [0.5, 0.6) is 0 Å². The molecular weight excluding hydrogens is 88.1 g/mol. The molecule has 0 bridgehead atoms. The predicted molar refractivity (Wildman–Crippen MR) is 29.2 cm³/mol. The maximum Gasteiger partial charge on any atom is 0.0912 e. The Bertz CT molecular complexity index is 117. The quantitative estimate of drug-likeness (QED) is 0.349. The third kappa shape index (κ3) is 4.90. The van der Waals surface area contributed by atoms with Gasteiger partial charge in [0.2, 0.25) is 0 Å². The first-order valence-electron chi connectivity index (χ1n) is 1.88. The number of hydrogen-bond donors (Lipinski definition) is 0. The van der Waals surface area contributed by atoms with Gasteiger partial charge in [-0.1, -0.05) is 0 Å². The molecule has 0 spiro atoms. The Balaban J connectivity index is 3.33. The standard InChI is InChI=1S/C5H6N2/c1-7-5-3-2-4-6/h2-3,5H,1H3/b3-2+,7-5?. The van der Waals surface area contributed by atoms with Crippen molar-refractivity contribution < 1.29 is 0 Å². The van der Waals surface area contributed by atoms with E-state index in [1.807, 2.05) is 6.07 Å². The normalized spacial score (nSPS) is 10.3. The van der Waals surface area contributed by atoms with Gasteiger partial charge in [0.25, 0.3) is 0 Å². The molecule has 0 aliphatic carbocycles. The lowest BCUT2D eigenvalue weighted by molar-refractivity contribution is 1.47. The van der Waals surface area contributed by atoms with Gasteiger partial charge in [-0.3, -0.25) is 4.99 Å². The van der Waals surface area contributed by atoms with Gasteiger partial charge in [-0.25, -0.2) is 0 Å². The molecule has 0 aliphatic rings. The van der Waals surface area contributed by atoms with Crippen LogP contribution in [0.4, 0.5) is 0 Å². The molecule has 0 aromatic heterocycles. The molecule has 0 saturated heterocycles. The van der Waals surface area contributed by atoms with Gasteiger partial charge in [-0.2, -0.15) is 5.26 Å². The Hall–Kier alpha value is -1.10. The smallest absolute Gasteiger partial charge is 0.0912 e. The van der Waals surface area contributed by atoms with Gasteiger partial charge in [-0.15, -0.1) is 0 Å². The third-order valence-corrected chi connectivity index (χ3v) is 0.406. The highest BCUT2D eigenvalue weighted by Gasteiger charge is 1.55. The topological polar surface area (TPSA) is 36.1 Å². The molecule has 0 rings (SSSR count). The Morgan fingerprint density at radius 3 is 2.86 bits per heavy atom. The Labute approximate surface area is 42.8 Å². The van der Waals surface area contributed by atoms with Crippen LogP contribution in [-0.4, -0.2) is 13.3 Å². The lowest BCUT2D eigenvalue weighted by Crippen LogP contribution is -1.57. The predicted octanol–water partition coefficient (Wildman–Crippen LogP) is 0.767. The molecule has 7 heavy (non-hydrogen) atoms. The molecule has 36 valence electrons. The van der Waals surface area contributed by atoms with Crippen molar-refractivity contribution in [1.82, 2.24) is 0 Å². The van der Waals surface area contributed by atoms with Crippen LogP contribution in [-0.2, 0) is 0 Å². The fourth-order valence-electron chi connectivity index (χ4n) is 0.172. The molecule has 0 saturated carbocycles. The van der Waals surface area contributed by atoms with E-state index in [9.17, 15) is 0 Å². The van der Waals surface area contributed by atoms with E-state index in [1.54, 1.807) is 19.3 Å². The largest absolute Gasteiger partial charge is 0.296 e. The van der Waals surface area contributed by atoms with Gasteiger partial charge in [0, 0.05) is 19.3 Å². The SMILES string of the molecule is CN=C/C=C/C#N. The number of rotatable bonds is 1. The van der Waals surface area contributed by atoms with E-state index in [2.05, 4.69) is 4.99 Å². The molecule has 0 aromatic rings. The Kier molecular flexibility index (Phi) is 4.13. The highest BCUT2D eigenvalue weighted by Crippen LogP contribution is 1.61. The van der Waals surface area contributed by atoms with Crippen molar-refractivity contribution in [2.24, 2.45) is 4.99 Å². The van der Waals surface area contributed by atoms with Crippen LogP contribution in [0.2, 0.25) is 0 Å². The zero-order valence-electron chi connectivity index (χ0n) is 4.13. The van der Waals surface area contributed by atoms with E-state index >= 15 is 0 Å². The van der Waals surface area contributed by atoms with Crippen molar-refractivity contribution in [2.75, 3.05) is 7.05 Å². The molecule has 2 heteroatoms. The minimum atomic E-state index is 1.37. The van der Waals surface area contributed by atoms with Crippen molar-refractivity contribution in [1.29, 1.82) is 5.26 Å². The summed E-state index contributed by atoms with van der Waals surface area (Å²) < 4.78 is 0. The van der Waals surface area contributed by atoms with Crippen LogP contribution < -0.4 is 0 Å². The number of allylic oxidation sites excluding steroid dienone is 2. The van der Waals surface area contributed by atoms with Crippen molar-refractivity contribution in [2.45, 2.75) is 0 Å². The summed E-state index contributed by atoms with van der Waals surface area (Å²) in [5.41, 5.74) is 0. The van der Waals surface area contributed by atoms with E-state index in [1.165, 1.54) is 6.08 Å². The average Bonchev–Trinajstić information content (AvgIpc) is 1.69. The number of hydrogen-bond acceptors (Lipinski definition) is 2. The third-order valence-electron chi connectivity index (χ3n) is 0.406. The molecule has 2 nitrogen and oxygen atoms in total. The van der Waals surface area contributed by atoms with Crippen LogP contribution in [0.3, 0.4) is 0 Å². The Morgan fingerprint density at radius 1 is 1.71 bits per heavy atom. The second kappa shape index (κ2) is 4.90. The van der Waals surface area contributed by atoms with E-state index in [4.69, 9.17) is 5.26 Å². The summed E-state index contributed by atoms with van der Waals surface area (Å²) in [5.74, 6) is 0. The number of nitrogens with zero attached hydrogens (tertiary/aromatic N) is 2. The van der Waals surface area contributed by atoms with Crippen molar-refractivity contribution >= 4 is 6.21 Å². The van der Waals surface area contributed by atoms with Gasteiger partial charge < -0.3 is 0 Å². The molecule has 0 aromatic carbocycles. The van der Waals surface area contributed by atoms with Crippen LogP contribution in [0.1, 0.15) is 0 Å². The molecule has 0 heterocycles. The summed E-state index contributed by atoms with van der Waals surface area (Å²) in [4.78, 5) is 3.61. The summed E-state index contributed by atoms with van der Waals surface area (Å²) >= 11 is 0. The molecule has 0 amide bonds. The summed E-state index contributed by atoms with van der Waals surface area (Å²) in [5, 5.41) is 7.89. The lowest BCUT2D eigenvalue weighted by atomic mass is 10.5. The highest BCUT2D eigenvalue weighted by molar-refractivity contribution is 5.71. The van der Waals surface area contributed by atoms with Crippen molar-refractivity contribution in [3.63, 3.8) is 0 Å². The minimum absolute atomic E-state index is 1.37.